The molecule has 0 aromatic heterocycles. The van der Waals surface area contributed by atoms with Crippen LogP contribution in [0.4, 0.5) is 5.69 Å². The summed E-state index contributed by atoms with van der Waals surface area (Å²) in [4.78, 5) is 12.1. The van der Waals surface area contributed by atoms with E-state index in [-0.39, 0.29) is 12.1 Å². The summed E-state index contributed by atoms with van der Waals surface area (Å²) in [5.41, 5.74) is 6.84. The van der Waals surface area contributed by atoms with Crippen LogP contribution in [0.2, 0.25) is 0 Å². The first-order valence-electron chi connectivity index (χ1n) is 9.86. The first-order valence-corrected chi connectivity index (χ1v) is 9.86. The summed E-state index contributed by atoms with van der Waals surface area (Å²) >= 11 is 0. The lowest BCUT2D eigenvalue weighted by Gasteiger charge is -2.21. The van der Waals surface area contributed by atoms with Gasteiger partial charge in [0.15, 0.2) is 0 Å². The highest BCUT2D eigenvalue weighted by atomic mass is 16.5. The molecule has 1 aromatic rings. The molecule has 1 aromatic carbocycles. The van der Waals surface area contributed by atoms with Crippen LogP contribution in [0.25, 0.3) is 0 Å². The molecule has 0 unspecified atom stereocenters. The maximum absolute atomic E-state index is 12.1. The van der Waals surface area contributed by atoms with E-state index >= 15 is 0 Å². The van der Waals surface area contributed by atoms with Crippen molar-refractivity contribution in [3.8, 4) is 0 Å². The van der Waals surface area contributed by atoms with E-state index in [0.717, 1.165) is 0 Å². The molecule has 142 valence electrons. The van der Waals surface area contributed by atoms with Gasteiger partial charge in [0.2, 0.25) is 0 Å². The Morgan fingerprint density at radius 3 is 2.12 bits per heavy atom. The molecular weight excluding hydrogens is 312 g/mol. The summed E-state index contributed by atoms with van der Waals surface area (Å²) in [6.45, 7) is 7.11. The number of nitrogens with two attached hydrogens (primary N) is 1. The SMILES string of the molecule is CCCCCC(CCCCC)NC[C@@H](C)OC(=O)c1ccc(N)cc1. The summed E-state index contributed by atoms with van der Waals surface area (Å²) in [5.74, 6) is -0.289. The van der Waals surface area contributed by atoms with Gasteiger partial charge in [-0.15, -0.1) is 0 Å². The van der Waals surface area contributed by atoms with Crippen LogP contribution in [0.1, 0.15) is 82.5 Å². The van der Waals surface area contributed by atoms with Gasteiger partial charge < -0.3 is 15.8 Å². The lowest BCUT2D eigenvalue weighted by molar-refractivity contribution is 0.0335. The van der Waals surface area contributed by atoms with Gasteiger partial charge in [-0.1, -0.05) is 52.4 Å². The van der Waals surface area contributed by atoms with Gasteiger partial charge >= 0.3 is 5.97 Å². The predicted molar refractivity (Wildman–Crippen MR) is 106 cm³/mol. The van der Waals surface area contributed by atoms with Crippen molar-refractivity contribution in [2.75, 3.05) is 12.3 Å². The first-order chi connectivity index (χ1) is 12.1. The number of rotatable bonds is 13. The van der Waals surface area contributed by atoms with Crippen LogP contribution in [0, 0.1) is 0 Å². The molecule has 0 aliphatic carbocycles. The quantitative estimate of drug-likeness (QED) is 0.301. The normalized spacial score (nSPS) is 12.3. The Bertz CT molecular complexity index is 463. The summed E-state index contributed by atoms with van der Waals surface area (Å²) < 4.78 is 5.54. The molecule has 0 spiro atoms. The number of hydrogen-bond acceptors (Lipinski definition) is 4. The molecule has 4 heteroatoms. The number of carbonyl (C=O) groups is 1. The number of carbonyl (C=O) groups excluding carboxylic acids is 1. The Hall–Kier alpha value is -1.55. The van der Waals surface area contributed by atoms with Crippen LogP contribution in [-0.2, 0) is 4.74 Å². The zero-order valence-electron chi connectivity index (χ0n) is 16.2. The van der Waals surface area contributed by atoms with Crippen molar-refractivity contribution >= 4 is 11.7 Å². The van der Waals surface area contributed by atoms with E-state index in [1.165, 1.54) is 51.4 Å². The fourth-order valence-electron chi connectivity index (χ4n) is 2.87. The average Bonchev–Trinajstić information content (AvgIpc) is 2.60. The highest BCUT2D eigenvalue weighted by Gasteiger charge is 2.14. The van der Waals surface area contributed by atoms with Gasteiger partial charge in [0.05, 0.1) is 5.56 Å². The zero-order valence-corrected chi connectivity index (χ0v) is 16.2. The van der Waals surface area contributed by atoms with E-state index in [0.29, 0.717) is 23.8 Å². The van der Waals surface area contributed by atoms with Crippen molar-refractivity contribution in [1.29, 1.82) is 0 Å². The number of nitrogens with one attached hydrogen (secondary N) is 1. The Balaban J connectivity index is 2.39. The molecule has 0 aliphatic rings. The predicted octanol–water partition coefficient (Wildman–Crippen LogP) is 4.93. The lowest BCUT2D eigenvalue weighted by Crippen LogP contribution is -2.36. The van der Waals surface area contributed by atoms with Crippen LogP contribution in [-0.4, -0.2) is 24.7 Å². The molecule has 25 heavy (non-hydrogen) atoms. The third-order valence-electron chi connectivity index (χ3n) is 4.46. The summed E-state index contributed by atoms with van der Waals surface area (Å²) in [5, 5.41) is 3.61. The Labute approximate surface area is 153 Å². The molecule has 0 amide bonds. The third kappa shape index (κ3) is 9.49. The number of benzene rings is 1. The Morgan fingerprint density at radius 1 is 1.04 bits per heavy atom. The maximum atomic E-state index is 12.1. The molecule has 0 bridgehead atoms. The smallest absolute Gasteiger partial charge is 0.338 e. The number of unbranched alkanes of at least 4 members (excludes halogenated alkanes) is 4. The van der Waals surface area contributed by atoms with Gasteiger partial charge in [0, 0.05) is 18.3 Å². The van der Waals surface area contributed by atoms with E-state index in [1.54, 1.807) is 24.3 Å². The minimum atomic E-state index is -0.289. The van der Waals surface area contributed by atoms with E-state index in [4.69, 9.17) is 10.5 Å². The number of hydrogen-bond donors (Lipinski definition) is 2. The fourth-order valence-corrected chi connectivity index (χ4v) is 2.87. The van der Waals surface area contributed by atoms with Crippen molar-refractivity contribution < 1.29 is 9.53 Å². The largest absolute Gasteiger partial charge is 0.458 e. The minimum Gasteiger partial charge on any atom is -0.458 e. The molecule has 0 radical (unpaired) electrons. The maximum Gasteiger partial charge on any atom is 0.338 e. The lowest BCUT2D eigenvalue weighted by atomic mass is 10.0. The first kappa shape index (κ1) is 21.5. The monoisotopic (exact) mass is 348 g/mol. The highest BCUT2D eigenvalue weighted by Crippen LogP contribution is 2.12. The zero-order chi connectivity index (χ0) is 18.5. The van der Waals surface area contributed by atoms with Gasteiger partial charge in [0.25, 0.3) is 0 Å². The topological polar surface area (TPSA) is 64.3 Å². The number of esters is 1. The fraction of sp³-hybridized carbons (Fsp3) is 0.667. The standard InChI is InChI=1S/C21H36N2O2/c1-4-6-8-10-20(11-9-7-5-2)23-16-17(3)25-21(24)18-12-14-19(22)15-13-18/h12-15,17,20,23H,4-11,16,22H2,1-3H3/t17-/m1/s1. The molecule has 3 N–H and O–H groups in total. The molecule has 0 saturated carbocycles. The second-order valence-electron chi connectivity index (χ2n) is 6.93. The van der Waals surface area contributed by atoms with Gasteiger partial charge in [0.1, 0.15) is 6.10 Å². The Kier molecular flexibility index (Phi) is 11.0. The minimum absolute atomic E-state index is 0.148. The van der Waals surface area contributed by atoms with Crippen LogP contribution < -0.4 is 11.1 Å². The van der Waals surface area contributed by atoms with Gasteiger partial charge in [-0.05, 0) is 44.0 Å². The summed E-state index contributed by atoms with van der Waals surface area (Å²) in [6, 6.07) is 7.37. The molecule has 1 atom stereocenters. The van der Waals surface area contributed by atoms with E-state index in [9.17, 15) is 4.79 Å². The van der Waals surface area contributed by atoms with Crippen LogP contribution in [0.15, 0.2) is 24.3 Å². The molecular formula is C21H36N2O2. The second kappa shape index (κ2) is 12.8. The second-order valence-corrected chi connectivity index (χ2v) is 6.93. The van der Waals surface area contributed by atoms with Crippen molar-refractivity contribution in [3.63, 3.8) is 0 Å². The molecule has 0 fully saturated rings. The molecule has 0 heterocycles. The van der Waals surface area contributed by atoms with Crippen molar-refractivity contribution in [1.82, 2.24) is 5.32 Å². The number of ether oxygens (including phenoxy) is 1. The van der Waals surface area contributed by atoms with Crippen LogP contribution in [0.5, 0.6) is 0 Å². The van der Waals surface area contributed by atoms with Gasteiger partial charge in [-0.3, -0.25) is 0 Å². The molecule has 4 nitrogen and oxygen atoms in total. The highest BCUT2D eigenvalue weighted by molar-refractivity contribution is 5.89. The third-order valence-corrected chi connectivity index (χ3v) is 4.46. The van der Waals surface area contributed by atoms with Gasteiger partial charge in [-0.25, -0.2) is 4.79 Å². The number of nitrogen functional groups attached to an aromatic ring is 1. The van der Waals surface area contributed by atoms with Crippen LogP contribution in [0.3, 0.4) is 0 Å². The van der Waals surface area contributed by atoms with Crippen LogP contribution >= 0.6 is 0 Å². The molecule has 1 rings (SSSR count). The summed E-state index contributed by atoms with van der Waals surface area (Å²) in [7, 11) is 0. The van der Waals surface area contributed by atoms with E-state index in [2.05, 4.69) is 19.2 Å². The summed E-state index contributed by atoms with van der Waals surface area (Å²) in [6.07, 6.45) is 9.85. The Morgan fingerprint density at radius 2 is 1.60 bits per heavy atom. The average molecular weight is 349 g/mol. The van der Waals surface area contributed by atoms with Crippen molar-refractivity contribution in [2.24, 2.45) is 0 Å². The van der Waals surface area contributed by atoms with Gasteiger partial charge in [-0.2, -0.15) is 0 Å². The molecule has 0 saturated heterocycles. The van der Waals surface area contributed by atoms with Crippen molar-refractivity contribution in [3.05, 3.63) is 29.8 Å². The molecule has 0 aliphatic heterocycles. The van der Waals surface area contributed by atoms with E-state index < -0.39 is 0 Å². The van der Waals surface area contributed by atoms with E-state index in [1.807, 2.05) is 6.92 Å². The van der Waals surface area contributed by atoms with Crippen molar-refractivity contribution in [2.45, 2.75) is 84.3 Å². The number of anilines is 1.